The van der Waals surface area contributed by atoms with E-state index < -0.39 is 11.1 Å². The second-order valence-electron chi connectivity index (χ2n) is 8.07. The molecule has 0 spiro atoms. The molecule has 7 heteroatoms. The van der Waals surface area contributed by atoms with Crippen LogP contribution in [-0.2, 0) is 11.2 Å². The summed E-state index contributed by atoms with van der Waals surface area (Å²) in [4.78, 5) is 36.1. The van der Waals surface area contributed by atoms with Crippen molar-refractivity contribution in [2.45, 2.75) is 38.5 Å². The van der Waals surface area contributed by atoms with Crippen molar-refractivity contribution < 1.29 is 9.90 Å². The molecule has 3 aromatic rings. The lowest BCUT2D eigenvalue weighted by atomic mass is 9.80. The first-order valence-corrected chi connectivity index (χ1v) is 10.9. The van der Waals surface area contributed by atoms with Crippen molar-refractivity contribution in [3.63, 3.8) is 0 Å². The fraction of sp³-hybridized carbons (Fsp3) is 0.333. The highest BCUT2D eigenvalue weighted by molar-refractivity contribution is 6.33. The van der Waals surface area contributed by atoms with E-state index in [0.29, 0.717) is 35.1 Å². The van der Waals surface area contributed by atoms with Crippen LogP contribution in [0.2, 0.25) is 5.02 Å². The van der Waals surface area contributed by atoms with E-state index in [-0.39, 0.29) is 12.4 Å². The number of aryl methyl sites for hydroxylation is 1. The van der Waals surface area contributed by atoms with E-state index >= 15 is 0 Å². The Kier molecular flexibility index (Phi) is 6.30. The van der Waals surface area contributed by atoms with Gasteiger partial charge in [0.2, 0.25) is 0 Å². The number of benzene rings is 2. The molecule has 6 nitrogen and oxygen atoms in total. The second kappa shape index (κ2) is 9.12. The van der Waals surface area contributed by atoms with Gasteiger partial charge < -0.3 is 5.11 Å². The van der Waals surface area contributed by atoms with Crippen LogP contribution < -0.4 is 5.69 Å². The number of aliphatic hydroxyl groups excluding tert-OH is 1. The summed E-state index contributed by atoms with van der Waals surface area (Å²) >= 11 is 6.41. The summed E-state index contributed by atoms with van der Waals surface area (Å²) in [6, 6.07) is 14.7. The number of carbonyl (C=O) groups is 1. The Morgan fingerprint density at radius 3 is 2.55 bits per heavy atom. The molecule has 1 aliphatic rings. The molecule has 1 aliphatic carbocycles. The molecule has 1 fully saturated rings. The van der Waals surface area contributed by atoms with Crippen molar-refractivity contribution in [1.29, 1.82) is 0 Å². The molecule has 0 saturated heterocycles. The fourth-order valence-electron chi connectivity index (χ4n) is 4.24. The van der Waals surface area contributed by atoms with E-state index in [9.17, 15) is 14.7 Å². The largest absolute Gasteiger partial charge is 0.395 e. The molecule has 0 aliphatic heterocycles. The first-order valence-electron chi connectivity index (χ1n) is 10.5. The monoisotopic (exact) mass is 437 g/mol. The zero-order valence-electron chi connectivity index (χ0n) is 17.1. The highest BCUT2D eigenvalue weighted by Crippen LogP contribution is 2.39. The standard InChI is InChI=1S/C24H24ClN3O3/c25-19-10-8-16(9-11-20(30)24(15-29)12-4-5-13-24)14-18(19)22-26-21(27-23(31)28-22)17-6-2-1-3-7-17/h1-3,6-8,10,14,29H,4-5,9,11-13,15H2,(H,26,27,28,31). The molecule has 1 saturated carbocycles. The topological polar surface area (TPSA) is 95.9 Å². The van der Waals surface area contributed by atoms with E-state index in [4.69, 9.17) is 11.6 Å². The number of aromatic amines is 1. The number of carbonyl (C=O) groups excluding carboxylic acids is 1. The lowest BCUT2D eigenvalue weighted by Crippen LogP contribution is -2.32. The molecule has 4 rings (SSSR count). The average molecular weight is 438 g/mol. The van der Waals surface area contributed by atoms with Crippen LogP contribution in [0.4, 0.5) is 0 Å². The number of aromatic nitrogens is 3. The molecule has 31 heavy (non-hydrogen) atoms. The van der Waals surface area contributed by atoms with Gasteiger partial charge in [-0.15, -0.1) is 0 Å². The molecule has 2 N–H and O–H groups in total. The number of nitrogens with zero attached hydrogens (tertiary/aromatic N) is 2. The van der Waals surface area contributed by atoms with Gasteiger partial charge in [-0.25, -0.2) is 9.78 Å². The quantitative estimate of drug-likeness (QED) is 0.577. The van der Waals surface area contributed by atoms with E-state index in [1.54, 1.807) is 6.07 Å². The summed E-state index contributed by atoms with van der Waals surface area (Å²) < 4.78 is 0. The molecule has 0 bridgehead atoms. The predicted molar refractivity (Wildman–Crippen MR) is 120 cm³/mol. The Morgan fingerprint density at radius 1 is 1.10 bits per heavy atom. The molecule has 0 atom stereocenters. The van der Waals surface area contributed by atoms with Gasteiger partial charge >= 0.3 is 5.69 Å². The van der Waals surface area contributed by atoms with Crippen LogP contribution in [0.3, 0.4) is 0 Å². The molecule has 0 amide bonds. The van der Waals surface area contributed by atoms with Crippen molar-refractivity contribution in [3.8, 4) is 22.8 Å². The van der Waals surface area contributed by atoms with E-state index in [2.05, 4.69) is 15.0 Å². The van der Waals surface area contributed by atoms with Crippen molar-refractivity contribution in [3.05, 3.63) is 69.6 Å². The number of hydrogen-bond donors (Lipinski definition) is 2. The second-order valence-corrected chi connectivity index (χ2v) is 8.48. The van der Waals surface area contributed by atoms with Gasteiger partial charge in [0.1, 0.15) is 11.6 Å². The van der Waals surface area contributed by atoms with Crippen LogP contribution in [-0.4, -0.2) is 32.4 Å². The minimum Gasteiger partial charge on any atom is -0.395 e. The number of rotatable bonds is 7. The van der Waals surface area contributed by atoms with E-state index in [1.807, 2.05) is 42.5 Å². The number of ketones is 1. The van der Waals surface area contributed by atoms with Crippen molar-refractivity contribution in [1.82, 2.24) is 15.0 Å². The molecule has 0 unspecified atom stereocenters. The third-order valence-corrected chi connectivity index (χ3v) is 6.39. The fourth-order valence-corrected chi connectivity index (χ4v) is 4.44. The first kappa shape index (κ1) is 21.4. The average Bonchev–Trinajstić information content (AvgIpc) is 3.29. The summed E-state index contributed by atoms with van der Waals surface area (Å²) in [5.74, 6) is 0.771. The normalized spacial score (nSPS) is 15.2. The van der Waals surface area contributed by atoms with Crippen molar-refractivity contribution >= 4 is 17.4 Å². The zero-order chi connectivity index (χ0) is 21.8. The number of H-pyrrole nitrogens is 1. The molecular weight excluding hydrogens is 414 g/mol. The SMILES string of the molecule is O=C(CCc1ccc(Cl)c(-c2nc(-c3ccccc3)nc(=O)[nH]2)c1)C1(CO)CCCC1. The zero-order valence-corrected chi connectivity index (χ0v) is 17.9. The number of Topliss-reactive ketones (excluding diaryl/α,β-unsaturated/α-hetero) is 1. The maximum absolute atomic E-state index is 12.8. The maximum atomic E-state index is 12.8. The van der Waals surface area contributed by atoms with Crippen LogP contribution >= 0.6 is 11.6 Å². The van der Waals surface area contributed by atoms with Gasteiger partial charge in [-0.05, 0) is 37.0 Å². The predicted octanol–water partition coefficient (Wildman–Crippen LogP) is 4.21. The van der Waals surface area contributed by atoms with Gasteiger partial charge in [0.05, 0.1) is 17.0 Å². The van der Waals surface area contributed by atoms with E-state index in [0.717, 1.165) is 36.8 Å². The number of hydrogen-bond acceptors (Lipinski definition) is 5. The summed E-state index contributed by atoms with van der Waals surface area (Å²) in [6.45, 7) is -0.0812. The molecule has 1 heterocycles. The van der Waals surface area contributed by atoms with Crippen LogP contribution in [0.5, 0.6) is 0 Å². The molecule has 2 aromatic carbocycles. The van der Waals surface area contributed by atoms with Gasteiger partial charge in [-0.3, -0.25) is 9.78 Å². The summed E-state index contributed by atoms with van der Waals surface area (Å²) in [5, 5.41) is 10.2. The van der Waals surface area contributed by atoms with Gasteiger partial charge in [-0.1, -0.05) is 60.8 Å². The highest BCUT2D eigenvalue weighted by Gasteiger charge is 2.39. The lowest BCUT2D eigenvalue weighted by Gasteiger charge is -2.24. The van der Waals surface area contributed by atoms with Gasteiger partial charge in [-0.2, -0.15) is 4.98 Å². The van der Waals surface area contributed by atoms with Gasteiger partial charge in [0.25, 0.3) is 0 Å². The Labute approximate surface area is 185 Å². The van der Waals surface area contributed by atoms with Crippen molar-refractivity contribution in [2.75, 3.05) is 6.61 Å². The number of aliphatic hydroxyl groups is 1. The Morgan fingerprint density at radius 2 is 1.84 bits per heavy atom. The van der Waals surface area contributed by atoms with Crippen molar-refractivity contribution in [2.24, 2.45) is 5.41 Å². The Balaban J connectivity index is 1.59. The summed E-state index contributed by atoms with van der Waals surface area (Å²) in [7, 11) is 0. The summed E-state index contributed by atoms with van der Waals surface area (Å²) in [5.41, 5.74) is 1.16. The smallest absolute Gasteiger partial charge is 0.348 e. The Bertz CT molecular complexity index is 1140. The minimum absolute atomic E-state index is 0.0812. The number of halogens is 1. The Hall–Kier alpha value is -2.83. The van der Waals surface area contributed by atoms with E-state index in [1.165, 1.54) is 0 Å². The third-order valence-electron chi connectivity index (χ3n) is 6.06. The third kappa shape index (κ3) is 4.60. The first-order chi connectivity index (χ1) is 15.0. The molecular formula is C24H24ClN3O3. The highest BCUT2D eigenvalue weighted by atomic mass is 35.5. The van der Waals surface area contributed by atoms with Crippen LogP contribution in [0.1, 0.15) is 37.7 Å². The summed E-state index contributed by atoms with van der Waals surface area (Å²) in [6.07, 6.45) is 4.39. The van der Waals surface area contributed by atoms with Gasteiger partial charge in [0, 0.05) is 17.5 Å². The van der Waals surface area contributed by atoms with Crippen LogP contribution in [0.25, 0.3) is 22.8 Å². The maximum Gasteiger partial charge on any atom is 0.348 e. The molecule has 160 valence electrons. The molecule has 0 radical (unpaired) electrons. The minimum atomic E-state index is -0.572. The number of nitrogens with one attached hydrogen (secondary N) is 1. The van der Waals surface area contributed by atoms with Crippen LogP contribution in [0, 0.1) is 5.41 Å². The lowest BCUT2D eigenvalue weighted by molar-refractivity contribution is -0.130. The van der Waals surface area contributed by atoms with Crippen LogP contribution in [0.15, 0.2) is 53.3 Å². The molecule has 1 aromatic heterocycles. The van der Waals surface area contributed by atoms with Gasteiger partial charge in [0.15, 0.2) is 5.82 Å².